The zero-order valence-corrected chi connectivity index (χ0v) is 9.05. The molecule has 0 heterocycles. The summed E-state index contributed by atoms with van der Waals surface area (Å²) in [6, 6.07) is 4.36. The summed E-state index contributed by atoms with van der Waals surface area (Å²) in [6.45, 7) is 4.06. The Morgan fingerprint density at radius 3 is 2.80 bits per heavy atom. The fourth-order valence-electron chi connectivity index (χ4n) is 1.11. The highest BCUT2D eigenvalue weighted by Crippen LogP contribution is 2.10. The minimum atomic E-state index is -0.456. The third-order valence-electron chi connectivity index (χ3n) is 2.14. The lowest BCUT2D eigenvalue weighted by molar-refractivity contribution is 0.0499. The van der Waals surface area contributed by atoms with Crippen LogP contribution in [0.5, 0.6) is 0 Å². The topological polar surface area (TPSA) is 26.3 Å². The summed E-state index contributed by atoms with van der Waals surface area (Å²) in [5, 5.41) is 0. The van der Waals surface area contributed by atoms with Crippen LogP contribution in [-0.2, 0) is 4.74 Å². The molecule has 1 aromatic carbocycles. The van der Waals surface area contributed by atoms with Crippen molar-refractivity contribution < 1.29 is 13.9 Å². The van der Waals surface area contributed by atoms with E-state index in [1.165, 1.54) is 6.07 Å². The standard InChI is InChI=1S/C12H15FO2/c1-3-4-7-15-12(14)10-6-5-9(2)11(13)8-10/h5-6,8H,3-4,7H2,1-2H3. The smallest absolute Gasteiger partial charge is 0.338 e. The van der Waals surface area contributed by atoms with E-state index in [4.69, 9.17) is 4.74 Å². The third-order valence-corrected chi connectivity index (χ3v) is 2.14. The number of carbonyl (C=O) groups excluding carboxylic acids is 1. The fraction of sp³-hybridized carbons (Fsp3) is 0.417. The lowest BCUT2D eigenvalue weighted by Crippen LogP contribution is -2.06. The first-order valence-electron chi connectivity index (χ1n) is 5.08. The number of halogens is 1. The molecule has 0 aliphatic heterocycles. The van der Waals surface area contributed by atoms with E-state index in [9.17, 15) is 9.18 Å². The van der Waals surface area contributed by atoms with Crippen LogP contribution in [0.2, 0.25) is 0 Å². The number of benzene rings is 1. The van der Waals surface area contributed by atoms with Gasteiger partial charge in [0.05, 0.1) is 12.2 Å². The minimum Gasteiger partial charge on any atom is -0.462 e. The Morgan fingerprint density at radius 2 is 2.20 bits per heavy atom. The molecule has 82 valence electrons. The molecule has 2 nitrogen and oxygen atoms in total. The molecular weight excluding hydrogens is 195 g/mol. The molecule has 0 aliphatic rings. The Hall–Kier alpha value is -1.38. The molecule has 0 N–H and O–H groups in total. The van der Waals surface area contributed by atoms with Crippen molar-refractivity contribution in [1.82, 2.24) is 0 Å². The molecule has 15 heavy (non-hydrogen) atoms. The van der Waals surface area contributed by atoms with E-state index in [0.29, 0.717) is 12.2 Å². The Balaban J connectivity index is 2.62. The molecule has 0 unspecified atom stereocenters. The maximum absolute atomic E-state index is 13.1. The summed E-state index contributed by atoms with van der Waals surface area (Å²) in [6.07, 6.45) is 1.80. The normalized spacial score (nSPS) is 10.1. The van der Waals surface area contributed by atoms with Crippen LogP contribution < -0.4 is 0 Å². The first-order chi connectivity index (χ1) is 7.15. The molecule has 0 amide bonds. The highest BCUT2D eigenvalue weighted by atomic mass is 19.1. The molecule has 0 fully saturated rings. The number of hydrogen-bond acceptors (Lipinski definition) is 2. The highest BCUT2D eigenvalue weighted by Gasteiger charge is 2.08. The highest BCUT2D eigenvalue weighted by molar-refractivity contribution is 5.89. The van der Waals surface area contributed by atoms with Gasteiger partial charge in [-0.05, 0) is 31.0 Å². The van der Waals surface area contributed by atoms with Crippen LogP contribution >= 0.6 is 0 Å². The van der Waals surface area contributed by atoms with E-state index in [1.54, 1.807) is 19.1 Å². The predicted molar refractivity (Wildman–Crippen MR) is 56.3 cm³/mol. The Morgan fingerprint density at radius 1 is 1.47 bits per heavy atom. The quantitative estimate of drug-likeness (QED) is 0.564. The first-order valence-corrected chi connectivity index (χ1v) is 5.08. The summed E-state index contributed by atoms with van der Waals surface area (Å²) in [7, 11) is 0. The number of ether oxygens (including phenoxy) is 1. The number of carbonyl (C=O) groups is 1. The molecule has 1 aromatic rings. The zero-order chi connectivity index (χ0) is 11.3. The molecule has 0 aromatic heterocycles. The van der Waals surface area contributed by atoms with Gasteiger partial charge >= 0.3 is 5.97 Å². The van der Waals surface area contributed by atoms with E-state index in [0.717, 1.165) is 12.8 Å². The van der Waals surface area contributed by atoms with Gasteiger partial charge in [0, 0.05) is 0 Å². The second-order valence-electron chi connectivity index (χ2n) is 3.45. The Kier molecular flexibility index (Phi) is 4.28. The van der Waals surface area contributed by atoms with Crippen LogP contribution in [0.3, 0.4) is 0 Å². The summed E-state index contributed by atoms with van der Waals surface area (Å²) in [5.41, 5.74) is 0.800. The lowest BCUT2D eigenvalue weighted by atomic mass is 10.1. The zero-order valence-electron chi connectivity index (χ0n) is 9.05. The molecule has 0 saturated carbocycles. The van der Waals surface area contributed by atoms with Gasteiger partial charge in [-0.3, -0.25) is 0 Å². The second-order valence-corrected chi connectivity index (χ2v) is 3.45. The van der Waals surface area contributed by atoms with Gasteiger partial charge in [-0.1, -0.05) is 19.4 Å². The Bertz CT molecular complexity index is 347. The van der Waals surface area contributed by atoms with Crippen molar-refractivity contribution >= 4 is 5.97 Å². The summed E-state index contributed by atoms with van der Waals surface area (Å²) < 4.78 is 18.1. The summed E-state index contributed by atoms with van der Waals surface area (Å²) >= 11 is 0. The van der Waals surface area contributed by atoms with Crippen LogP contribution in [0.1, 0.15) is 35.7 Å². The molecule has 0 spiro atoms. The van der Waals surface area contributed by atoms with E-state index >= 15 is 0 Å². The first kappa shape index (κ1) is 11.7. The van der Waals surface area contributed by atoms with Gasteiger partial charge in [-0.25, -0.2) is 9.18 Å². The average Bonchev–Trinajstić information content (AvgIpc) is 2.22. The number of aryl methyl sites for hydroxylation is 1. The van der Waals surface area contributed by atoms with Crippen molar-refractivity contribution in [3.8, 4) is 0 Å². The largest absolute Gasteiger partial charge is 0.462 e. The SMILES string of the molecule is CCCCOC(=O)c1ccc(C)c(F)c1. The number of unbranched alkanes of at least 4 members (excludes halogenated alkanes) is 1. The predicted octanol–water partition coefficient (Wildman–Crippen LogP) is 3.09. The monoisotopic (exact) mass is 210 g/mol. The molecule has 0 radical (unpaired) electrons. The van der Waals surface area contributed by atoms with Crippen LogP contribution in [0.25, 0.3) is 0 Å². The van der Waals surface area contributed by atoms with Gasteiger partial charge in [0.15, 0.2) is 0 Å². The van der Waals surface area contributed by atoms with Crippen molar-refractivity contribution in [3.63, 3.8) is 0 Å². The van der Waals surface area contributed by atoms with E-state index < -0.39 is 5.97 Å². The van der Waals surface area contributed by atoms with Gasteiger partial charge in [0.25, 0.3) is 0 Å². The van der Waals surface area contributed by atoms with Crippen LogP contribution in [0, 0.1) is 12.7 Å². The summed E-state index contributed by atoms with van der Waals surface area (Å²) in [4.78, 5) is 11.4. The molecule has 3 heteroatoms. The molecule has 0 atom stereocenters. The fourth-order valence-corrected chi connectivity index (χ4v) is 1.11. The molecule has 0 saturated heterocycles. The van der Waals surface area contributed by atoms with Crippen molar-refractivity contribution in [2.24, 2.45) is 0 Å². The maximum Gasteiger partial charge on any atom is 0.338 e. The van der Waals surface area contributed by atoms with E-state index in [-0.39, 0.29) is 11.4 Å². The van der Waals surface area contributed by atoms with Crippen molar-refractivity contribution in [2.75, 3.05) is 6.61 Å². The molecule has 0 bridgehead atoms. The van der Waals surface area contributed by atoms with Crippen LogP contribution in [0.4, 0.5) is 4.39 Å². The molecule has 1 rings (SSSR count). The van der Waals surface area contributed by atoms with Crippen LogP contribution in [-0.4, -0.2) is 12.6 Å². The van der Waals surface area contributed by atoms with Crippen molar-refractivity contribution in [2.45, 2.75) is 26.7 Å². The Labute approximate surface area is 89.1 Å². The van der Waals surface area contributed by atoms with Gasteiger partial charge < -0.3 is 4.74 Å². The average molecular weight is 210 g/mol. The van der Waals surface area contributed by atoms with Gasteiger partial charge in [-0.15, -0.1) is 0 Å². The molecule has 0 aliphatic carbocycles. The van der Waals surface area contributed by atoms with Crippen molar-refractivity contribution in [1.29, 1.82) is 0 Å². The molecular formula is C12H15FO2. The van der Waals surface area contributed by atoms with Crippen LogP contribution in [0.15, 0.2) is 18.2 Å². The van der Waals surface area contributed by atoms with E-state index in [1.807, 2.05) is 6.92 Å². The second kappa shape index (κ2) is 5.49. The maximum atomic E-state index is 13.1. The lowest BCUT2D eigenvalue weighted by Gasteiger charge is -2.04. The van der Waals surface area contributed by atoms with Gasteiger partial charge in [0.2, 0.25) is 0 Å². The van der Waals surface area contributed by atoms with E-state index in [2.05, 4.69) is 0 Å². The van der Waals surface area contributed by atoms with Gasteiger partial charge in [-0.2, -0.15) is 0 Å². The third kappa shape index (κ3) is 3.35. The minimum absolute atomic E-state index is 0.272. The van der Waals surface area contributed by atoms with Crippen molar-refractivity contribution in [3.05, 3.63) is 35.1 Å². The number of hydrogen-bond donors (Lipinski definition) is 0. The van der Waals surface area contributed by atoms with Gasteiger partial charge in [0.1, 0.15) is 5.82 Å². The summed E-state index contributed by atoms with van der Waals surface area (Å²) in [5.74, 6) is -0.831. The number of esters is 1. The number of rotatable bonds is 4.